The lowest BCUT2D eigenvalue weighted by Crippen LogP contribution is -2.34. The van der Waals surface area contributed by atoms with Crippen LogP contribution in [0.5, 0.6) is 0 Å². The Labute approximate surface area is 121 Å². The SMILES string of the molecule is c1ccc(C2Cc3ccccc3N2C2CCCC2)cc1. The van der Waals surface area contributed by atoms with Gasteiger partial charge in [0.25, 0.3) is 0 Å². The van der Waals surface area contributed by atoms with E-state index in [2.05, 4.69) is 59.5 Å². The zero-order valence-corrected chi connectivity index (χ0v) is 11.8. The first kappa shape index (κ1) is 12.0. The second kappa shape index (κ2) is 4.97. The Balaban J connectivity index is 1.76. The van der Waals surface area contributed by atoms with Crippen LogP contribution in [0.2, 0.25) is 0 Å². The van der Waals surface area contributed by atoms with E-state index in [0.29, 0.717) is 6.04 Å². The lowest BCUT2D eigenvalue weighted by Gasteiger charge is -2.34. The molecule has 4 rings (SSSR count). The van der Waals surface area contributed by atoms with Crippen molar-refractivity contribution >= 4 is 5.69 Å². The maximum atomic E-state index is 2.72. The molecule has 1 saturated carbocycles. The van der Waals surface area contributed by atoms with Crippen molar-refractivity contribution in [2.45, 2.75) is 44.2 Å². The average molecular weight is 263 g/mol. The van der Waals surface area contributed by atoms with Crippen LogP contribution in [0.15, 0.2) is 54.6 Å². The van der Waals surface area contributed by atoms with Gasteiger partial charge in [0.05, 0.1) is 6.04 Å². The second-order valence-electron chi connectivity index (χ2n) is 6.10. The Morgan fingerprint density at radius 3 is 2.30 bits per heavy atom. The molecule has 0 N–H and O–H groups in total. The number of para-hydroxylation sites is 1. The summed E-state index contributed by atoms with van der Waals surface area (Å²) in [7, 11) is 0. The van der Waals surface area contributed by atoms with Gasteiger partial charge in [0, 0.05) is 11.7 Å². The van der Waals surface area contributed by atoms with Gasteiger partial charge in [-0.2, -0.15) is 0 Å². The van der Waals surface area contributed by atoms with Gasteiger partial charge in [0.2, 0.25) is 0 Å². The summed E-state index contributed by atoms with van der Waals surface area (Å²) in [6.07, 6.45) is 6.67. The number of fused-ring (bicyclic) bond motifs is 1. The van der Waals surface area contributed by atoms with Crippen LogP contribution in [0.25, 0.3) is 0 Å². The molecule has 1 fully saturated rings. The molecular weight excluding hydrogens is 242 g/mol. The summed E-state index contributed by atoms with van der Waals surface area (Å²) in [5, 5.41) is 0. The van der Waals surface area contributed by atoms with E-state index in [9.17, 15) is 0 Å². The van der Waals surface area contributed by atoms with Gasteiger partial charge in [0.15, 0.2) is 0 Å². The van der Waals surface area contributed by atoms with E-state index >= 15 is 0 Å². The largest absolute Gasteiger partial charge is 0.361 e. The van der Waals surface area contributed by atoms with Gasteiger partial charge in [-0.1, -0.05) is 61.4 Å². The zero-order valence-electron chi connectivity index (χ0n) is 11.8. The Hall–Kier alpha value is -1.76. The smallest absolute Gasteiger partial charge is 0.0586 e. The Morgan fingerprint density at radius 2 is 1.50 bits per heavy atom. The number of anilines is 1. The zero-order chi connectivity index (χ0) is 13.4. The van der Waals surface area contributed by atoms with Gasteiger partial charge in [-0.25, -0.2) is 0 Å². The molecule has 2 aromatic rings. The van der Waals surface area contributed by atoms with E-state index in [-0.39, 0.29) is 0 Å². The molecule has 0 saturated heterocycles. The lowest BCUT2D eigenvalue weighted by atomic mass is 10.0. The molecule has 1 heteroatoms. The predicted molar refractivity (Wildman–Crippen MR) is 84.1 cm³/mol. The highest BCUT2D eigenvalue weighted by Crippen LogP contribution is 2.44. The summed E-state index contributed by atoms with van der Waals surface area (Å²) < 4.78 is 0. The van der Waals surface area contributed by atoms with Gasteiger partial charge in [-0.3, -0.25) is 0 Å². The molecular formula is C19H21N. The molecule has 1 aliphatic heterocycles. The summed E-state index contributed by atoms with van der Waals surface area (Å²) in [5.74, 6) is 0. The molecule has 0 aromatic heterocycles. The molecule has 1 heterocycles. The van der Waals surface area contributed by atoms with Gasteiger partial charge in [-0.05, 0) is 36.5 Å². The molecule has 1 nitrogen and oxygen atoms in total. The predicted octanol–water partition coefficient (Wildman–Crippen LogP) is 4.73. The maximum absolute atomic E-state index is 2.72. The summed E-state index contributed by atoms with van der Waals surface area (Å²) in [6, 6.07) is 21.3. The van der Waals surface area contributed by atoms with Gasteiger partial charge in [0.1, 0.15) is 0 Å². The normalized spacial score (nSPS) is 22.2. The molecule has 1 atom stereocenters. The fraction of sp³-hybridized carbons (Fsp3) is 0.368. The summed E-state index contributed by atoms with van der Waals surface area (Å²) in [4.78, 5) is 2.72. The fourth-order valence-electron chi connectivity index (χ4n) is 4.00. The Morgan fingerprint density at radius 1 is 0.800 bits per heavy atom. The van der Waals surface area contributed by atoms with Crippen LogP contribution in [0, 0.1) is 0 Å². The van der Waals surface area contributed by atoms with Crippen molar-refractivity contribution in [3.8, 4) is 0 Å². The third kappa shape index (κ3) is 1.93. The molecule has 0 spiro atoms. The topological polar surface area (TPSA) is 3.24 Å². The minimum atomic E-state index is 0.539. The molecule has 0 bridgehead atoms. The van der Waals surface area contributed by atoms with Gasteiger partial charge >= 0.3 is 0 Å². The van der Waals surface area contributed by atoms with Crippen LogP contribution in [-0.2, 0) is 6.42 Å². The third-order valence-electron chi connectivity index (χ3n) is 4.92. The van der Waals surface area contributed by atoms with Crippen LogP contribution >= 0.6 is 0 Å². The maximum Gasteiger partial charge on any atom is 0.0586 e. The van der Waals surface area contributed by atoms with Crippen LogP contribution in [0.1, 0.15) is 42.9 Å². The van der Waals surface area contributed by atoms with Crippen LogP contribution in [-0.4, -0.2) is 6.04 Å². The monoisotopic (exact) mass is 263 g/mol. The minimum Gasteiger partial charge on any atom is -0.361 e. The Kier molecular flexibility index (Phi) is 2.99. The van der Waals surface area contributed by atoms with Crippen molar-refractivity contribution in [1.29, 1.82) is 0 Å². The first-order valence-corrected chi connectivity index (χ1v) is 7.85. The highest BCUT2D eigenvalue weighted by atomic mass is 15.2. The molecule has 1 unspecified atom stereocenters. The van der Waals surface area contributed by atoms with E-state index < -0.39 is 0 Å². The molecule has 102 valence electrons. The number of hydrogen-bond acceptors (Lipinski definition) is 1. The van der Waals surface area contributed by atoms with Crippen molar-refractivity contribution in [3.05, 3.63) is 65.7 Å². The standard InChI is InChI=1S/C19H21N/c1-2-8-15(9-3-1)19-14-16-10-4-7-13-18(16)20(19)17-11-5-6-12-17/h1-4,7-10,13,17,19H,5-6,11-12,14H2. The first-order valence-electron chi connectivity index (χ1n) is 7.85. The molecule has 0 amide bonds. The van der Waals surface area contributed by atoms with E-state index in [4.69, 9.17) is 0 Å². The lowest BCUT2D eigenvalue weighted by molar-refractivity contribution is 0.544. The summed E-state index contributed by atoms with van der Waals surface area (Å²) >= 11 is 0. The first-order chi connectivity index (χ1) is 9.93. The fourth-order valence-corrected chi connectivity index (χ4v) is 4.00. The molecule has 1 aliphatic carbocycles. The third-order valence-corrected chi connectivity index (χ3v) is 4.92. The van der Waals surface area contributed by atoms with Crippen molar-refractivity contribution in [3.63, 3.8) is 0 Å². The van der Waals surface area contributed by atoms with E-state index in [1.807, 2.05) is 0 Å². The Bertz CT molecular complexity index is 584. The quantitative estimate of drug-likeness (QED) is 0.757. The molecule has 2 aliphatic rings. The summed E-state index contributed by atoms with van der Waals surface area (Å²) in [6.45, 7) is 0. The van der Waals surface area contributed by atoms with Gasteiger partial charge < -0.3 is 4.90 Å². The van der Waals surface area contributed by atoms with E-state index in [1.54, 1.807) is 0 Å². The van der Waals surface area contributed by atoms with Crippen LogP contribution < -0.4 is 4.90 Å². The van der Waals surface area contributed by atoms with Crippen LogP contribution in [0.3, 0.4) is 0 Å². The van der Waals surface area contributed by atoms with Crippen molar-refractivity contribution in [2.75, 3.05) is 4.90 Å². The van der Waals surface area contributed by atoms with E-state index in [1.165, 1.54) is 42.5 Å². The highest BCUT2D eigenvalue weighted by Gasteiger charge is 2.35. The number of rotatable bonds is 2. The number of nitrogens with zero attached hydrogens (tertiary/aromatic N) is 1. The number of hydrogen-bond donors (Lipinski definition) is 0. The second-order valence-corrected chi connectivity index (χ2v) is 6.10. The molecule has 2 aromatic carbocycles. The van der Waals surface area contributed by atoms with E-state index in [0.717, 1.165) is 12.5 Å². The van der Waals surface area contributed by atoms with Crippen molar-refractivity contribution < 1.29 is 0 Å². The van der Waals surface area contributed by atoms with Crippen molar-refractivity contribution in [2.24, 2.45) is 0 Å². The van der Waals surface area contributed by atoms with Crippen LogP contribution in [0.4, 0.5) is 5.69 Å². The number of benzene rings is 2. The summed E-state index contributed by atoms with van der Waals surface area (Å²) in [5.41, 5.74) is 4.47. The van der Waals surface area contributed by atoms with Crippen molar-refractivity contribution in [1.82, 2.24) is 0 Å². The highest BCUT2D eigenvalue weighted by molar-refractivity contribution is 5.61. The molecule has 0 radical (unpaired) electrons. The van der Waals surface area contributed by atoms with Gasteiger partial charge in [-0.15, -0.1) is 0 Å². The minimum absolute atomic E-state index is 0.539. The molecule has 20 heavy (non-hydrogen) atoms. The average Bonchev–Trinajstić information content (AvgIpc) is 3.14.